The Bertz CT molecular complexity index is 1090. The summed E-state index contributed by atoms with van der Waals surface area (Å²) in [5, 5.41) is 8.26. The minimum absolute atomic E-state index is 0.508. The normalized spacial score (nSPS) is 14.0. The smallest absolute Gasteiger partial charge is 0.184 e. The van der Waals surface area contributed by atoms with Crippen LogP contribution in [0.15, 0.2) is 60.0 Å². The van der Waals surface area contributed by atoms with E-state index in [1.165, 1.54) is 5.56 Å². The zero-order chi connectivity index (χ0) is 21.8. The van der Waals surface area contributed by atoms with Crippen molar-refractivity contribution in [2.75, 3.05) is 11.9 Å². The molecule has 0 unspecified atom stereocenters. The van der Waals surface area contributed by atoms with E-state index in [9.17, 15) is 0 Å². The first-order chi connectivity index (χ1) is 15.0. The topological polar surface area (TPSA) is 64.3 Å². The summed E-state index contributed by atoms with van der Waals surface area (Å²) in [7, 11) is 0. The number of aliphatic imine (C=N–C) groups is 1. The lowest BCUT2D eigenvalue weighted by molar-refractivity contribution is 0.290. The van der Waals surface area contributed by atoms with Gasteiger partial charge < -0.3 is 10.1 Å². The number of nitrogens with one attached hydrogen (secondary N) is 1. The number of aromatic nitrogens is 3. The van der Waals surface area contributed by atoms with Crippen LogP contribution in [0.2, 0.25) is 0 Å². The van der Waals surface area contributed by atoms with E-state index in [2.05, 4.69) is 60.3 Å². The molecule has 0 spiro atoms. The Morgan fingerprint density at radius 3 is 2.61 bits per heavy atom. The van der Waals surface area contributed by atoms with Crippen LogP contribution in [0.4, 0.5) is 5.82 Å². The van der Waals surface area contributed by atoms with Crippen molar-refractivity contribution in [1.29, 1.82) is 0 Å². The molecule has 0 atom stereocenters. The molecule has 0 amide bonds. The molecule has 1 aromatic carbocycles. The maximum Gasteiger partial charge on any atom is 0.184 e. The Kier molecular flexibility index (Phi) is 6.16. The van der Waals surface area contributed by atoms with E-state index in [1.54, 1.807) is 12.4 Å². The number of fused-ring (bicyclic) bond motifs is 1. The number of benzene rings is 1. The van der Waals surface area contributed by atoms with Gasteiger partial charge in [-0.05, 0) is 41.7 Å². The van der Waals surface area contributed by atoms with Crippen molar-refractivity contribution < 1.29 is 4.74 Å². The van der Waals surface area contributed by atoms with Crippen LogP contribution in [0.25, 0.3) is 16.8 Å². The van der Waals surface area contributed by atoms with Crippen molar-refractivity contribution in [3.63, 3.8) is 0 Å². The van der Waals surface area contributed by atoms with E-state index in [1.807, 2.05) is 29.9 Å². The molecule has 160 valence electrons. The number of allylic oxidation sites excluding steroid dienone is 1. The third-order valence-electron chi connectivity index (χ3n) is 5.45. The molecule has 2 aromatic heterocycles. The Morgan fingerprint density at radius 2 is 1.90 bits per heavy atom. The van der Waals surface area contributed by atoms with Gasteiger partial charge in [0.1, 0.15) is 18.1 Å². The maximum atomic E-state index is 5.86. The monoisotopic (exact) mass is 415 g/mol. The summed E-state index contributed by atoms with van der Waals surface area (Å²) in [6.07, 6.45) is 5.44. The van der Waals surface area contributed by atoms with E-state index in [4.69, 9.17) is 9.84 Å². The van der Waals surface area contributed by atoms with Crippen molar-refractivity contribution in [2.24, 2.45) is 4.99 Å². The summed E-state index contributed by atoms with van der Waals surface area (Å²) in [6, 6.07) is 12.5. The Labute approximate surface area is 183 Å². The average Bonchev–Trinajstić information content (AvgIpc) is 3.38. The van der Waals surface area contributed by atoms with Gasteiger partial charge >= 0.3 is 0 Å². The molecule has 4 rings (SSSR count). The zero-order valence-corrected chi connectivity index (χ0v) is 18.6. The molecule has 6 nitrogen and oxygen atoms in total. The van der Waals surface area contributed by atoms with E-state index < -0.39 is 0 Å². The van der Waals surface area contributed by atoms with Crippen molar-refractivity contribution in [3.8, 4) is 11.3 Å². The highest BCUT2D eigenvalue weighted by molar-refractivity contribution is 5.86. The highest BCUT2D eigenvalue weighted by Gasteiger charge is 2.23. The van der Waals surface area contributed by atoms with Gasteiger partial charge in [0.2, 0.25) is 0 Å². The van der Waals surface area contributed by atoms with E-state index in [0.29, 0.717) is 18.4 Å². The molecule has 0 saturated heterocycles. The molecule has 3 aromatic rings. The van der Waals surface area contributed by atoms with Crippen molar-refractivity contribution >= 4 is 17.3 Å². The predicted molar refractivity (Wildman–Crippen MR) is 126 cm³/mol. The lowest BCUT2D eigenvalue weighted by Gasteiger charge is -2.08. The fourth-order valence-electron chi connectivity index (χ4n) is 3.65. The fraction of sp³-hybridized carbons (Fsp3) is 0.320. The summed E-state index contributed by atoms with van der Waals surface area (Å²) in [5.74, 6) is 2.21. The van der Waals surface area contributed by atoms with Gasteiger partial charge in [-0.15, -0.1) is 0 Å². The Morgan fingerprint density at radius 1 is 1.16 bits per heavy atom. The van der Waals surface area contributed by atoms with Gasteiger partial charge in [0, 0.05) is 43.2 Å². The molecule has 0 aliphatic carbocycles. The fourth-order valence-corrected chi connectivity index (χ4v) is 3.65. The first-order valence-corrected chi connectivity index (χ1v) is 10.7. The van der Waals surface area contributed by atoms with Crippen LogP contribution >= 0.6 is 0 Å². The summed E-state index contributed by atoms with van der Waals surface area (Å²) in [5.41, 5.74) is 6.56. The molecule has 31 heavy (non-hydrogen) atoms. The lowest BCUT2D eigenvalue weighted by Crippen LogP contribution is -2.00. The number of pyridine rings is 1. The third kappa shape index (κ3) is 4.68. The SMILES string of the molecule is C/C(=C\N=C(/C)OCc1ccc(C(C)C)cc1)c1c(-c2ccncc2)nn2c1NCC2. The van der Waals surface area contributed by atoms with Crippen molar-refractivity contribution in [3.05, 3.63) is 71.7 Å². The molecule has 0 fully saturated rings. The van der Waals surface area contributed by atoms with Crippen LogP contribution in [0.3, 0.4) is 0 Å². The van der Waals surface area contributed by atoms with Gasteiger partial charge in [0.25, 0.3) is 0 Å². The van der Waals surface area contributed by atoms with Gasteiger partial charge in [0.05, 0.1) is 6.54 Å². The number of ether oxygens (including phenoxy) is 1. The number of hydrogen-bond acceptors (Lipinski definition) is 5. The second-order valence-electron chi connectivity index (χ2n) is 8.10. The molecule has 0 radical (unpaired) electrons. The van der Waals surface area contributed by atoms with Gasteiger partial charge in [-0.2, -0.15) is 5.10 Å². The number of rotatable bonds is 6. The lowest BCUT2D eigenvalue weighted by atomic mass is 10.0. The van der Waals surface area contributed by atoms with Gasteiger partial charge in [-0.3, -0.25) is 4.98 Å². The van der Waals surface area contributed by atoms with Crippen molar-refractivity contribution in [2.45, 2.75) is 46.8 Å². The Hall–Kier alpha value is -3.41. The summed E-state index contributed by atoms with van der Waals surface area (Å²) >= 11 is 0. The highest BCUT2D eigenvalue weighted by Crippen LogP contribution is 2.35. The van der Waals surface area contributed by atoms with Crippen LogP contribution in [0.5, 0.6) is 0 Å². The molecule has 1 N–H and O–H groups in total. The molecule has 1 aliphatic rings. The molecule has 1 aliphatic heterocycles. The average molecular weight is 416 g/mol. The minimum Gasteiger partial charge on any atom is -0.476 e. The van der Waals surface area contributed by atoms with Crippen LogP contribution in [-0.2, 0) is 17.9 Å². The van der Waals surface area contributed by atoms with Gasteiger partial charge in [-0.1, -0.05) is 38.1 Å². The molecule has 0 saturated carbocycles. The summed E-state index contributed by atoms with van der Waals surface area (Å²) < 4.78 is 7.89. The predicted octanol–water partition coefficient (Wildman–Crippen LogP) is 5.49. The molecule has 3 heterocycles. The number of hydrogen-bond donors (Lipinski definition) is 1. The highest BCUT2D eigenvalue weighted by atomic mass is 16.5. The maximum absolute atomic E-state index is 5.86. The first-order valence-electron chi connectivity index (χ1n) is 10.7. The van der Waals surface area contributed by atoms with E-state index in [-0.39, 0.29) is 0 Å². The second kappa shape index (κ2) is 9.16. The van der Waals surface area contributed by atoms with Crippen LogP contribution in [0, 0.1) is 0 Å². The quantitative estimate of drug-likeness (QED) is 0.427. The summed E-state index contributed by atoms with van der Waals surface area (Å²) in [4.78, 5) is 8.68. The second-order valence-corrected chi connectivity index (χ2v) is 8.10. The molecular weight excluding hydrogens is 386 g/mol. The van der Waals surface area contributed by atoms with Crippen LogP contribution in [-0.4, -0.2) is 27.2 Å². The van der Waals surface area contributed by atoms with Crippen molar-refractivity contribution in [1.82, 2.24) is 14.8 Å². The van der Waals surface area contributed by atoms with Gasteiger partial charge in [-0.25, -0.2) is 9.67 Å². The molecular formula is C25H29N5O. The van der Waals surface area contributed by atoms with Gasteiger partial charge in [0.15, 0.2) is 5.90 Å². The molecule has 6 heteroatoms. The summed E-state index contributed by atoms with van der Waals surface area (Å²) in [6.45, 7) is 10.6. The largest absolute Gasteiger partial charge is 0.476 e. The van der Waals surface area contributed by atoms with Crippen LogP contribution in [0.1, 0.15) is 50.3 Å². The molecule has 0 bridgehead atoms. The van der Waals surface area contributed by atoms with Crippen LogP contribution < -0.4 is 5.32 Å². The third-order valence-corrected chi connectivity index (χ3v) is 5.45. The standard InChI is InChI=1S/C25H29N5O/c1-17(2)21-7-5-20(6-8-21)16-31-19(4)28-15-18(3)23-24(22-9-11-26-12-10-22)29-30-14-13-27-25(23)30/h5-12,15,17,27H,13-14,16H2,1-4H3/b18-15+,28-19+. The van der Waals surface area contributed by atoms with E-state index in [0.717, 1.165) is 46.9 Å². The first kappa shape index (κ1) is 20.8. The Balaban J connectivity index is 1.51. The number of nitrogens with zero attached hydrogens (tertiary/aromatic N) is 4. The number of anilines is 1. The minimum atomic E-state index is 0.508. The zero-order valence-electron chi connectivity index (χ0n) is 18.6. The van der Waals surface area contributed by atoms with E-state index >= 15 is 0 Å².